The maximum Gasteiger partial charge on any atom is 0.387 e. The molecule has 0 amide bonds. The predicted octanol–water partition coefficient (Wildman–Crippen LogP) is 4.13. The van der Waals surface area contributed by atoms with E-state index >= 15 is 0 Å². The molecule has 1 fully saturated rings. The lowest BCUT2D eigenvalue weighted by Gasteiger charge is -2.14. The average molecular weight is 269 g/mol. The summed E-state index contributed by atoms with van der Waals surface area (Å²) in [6.45, 7) is 0.330. The average Bonchev–Trinajstić information content (AvgIpc) is 3.18. The first kappa shape index (κ1) is 14.3. The molecule has 106 valence electrons. The van der Waals surface area contributed by atoms with Gasteiger partial charge in [-0.25, -0.2) is 0 Å². The summed E-state index contributed by atoms with van der Waals surface area (Å²) < 4.78 is 28.4. The molecule has 0 aromatic heterocycles. The van der Waals surface area contributed by atoms with Crippen LogP contribution in [-0.4, -0.2) is 13.2 Å². The van der Waals surface area contributed by atoms with Crippen LogP contribution in [0.5, 0.6) is 5.75 Å². The smallest absolute Gasteiger partial charge is 0.387 e. The summed E-state index contributed by atoms with van der Waals surface area (Å²) in [5.41, 5.74) is 1.09. The first-order chi connectivity index (χ1) is 9.15. The zero-order valence-electron chi connectivity index (χ0n) is 11.2. The Hall–Kier alpha value is -1.16. The fourth-order valence-corrected chi connectivity index (χ4v) is 2.17. The van der Waals surface area contributed by atoms with Crippen LogP contribution in [0.3, 0.4) is 0 Å². The van der Waals surface area contributed by atoms with Gasteiger partial charge in [0.15, 0.2) is 0 Å². The van der Waals surface area contributed by atoms with E-state index in [4.69, 9.17) is 0 Å². The van der Waals surface area contributed by atoms with Gasteiger partial charge in [-0.05, 0) is 49.9 Å². The molecule has 1 aromatic carbocycles. The molecule has 0 heterocycles. The van der Waals surface area contributed by atoms with E-state index < -0.39 is 6.61 Å². The summed E-state index contributed by atoms with van der Waals surface area (Å²) >= 11 is 0. The van der Waals surface area contributed by atoms with Gasteiger partial charge in [0.1, 0.15) is 5.75 Å². The summed E-state index contributed by atoms with van der Waals surface area (Å²) in [7, 11) is 0. The molecule has 1 N–H and O–H groups in total. The van der Waals surface area contributed by atoms with Gasteiger partial charge in [-0.1, -0.05) is 25.0 Å². The van der Waals surface area contributed by atoms with Crippen molar-refractivity contribution in [1.82, 2.24) is 5.32 Å². The number of alkyl halides is 2. The fraction of sp³-hybridized carbons (Fsp3) is 0.600. The minimum absolute atomic E-state index is 0.208. The second-order valence-electron chi connectivity index (χ2n) is 5.21. The minimum Gasteiger partial charge on any atom is -0.435 e. The van der Waals surface area contributed by atoms with E-state index in [2.05, 4.69) is 17.0 Å². The third-order valence-electron chi connectivity index (χ3n) is 3.54. The molecule has 19 heavy (non-hydrogen) atoms. The number of ether oxygens (including phenoxy) is 1. The second-order valence-corrected chi connectivity index (χ2v) is 5.21. The number of rotatable bonds is 8. The zero-order chi connectivity index (χ0) is 13.7. The van der Waals surface area contributed by atoms with Crippen molar-refractivity contribution in [3.63, 3.8) is 0 Å². The highest BCUT2D eigenvalue weighted by atomic mass is 19.3. The topological polar surface area (TPSA) is 21.3 Å². The molecule has 1 unspecified atom stereocenters. The minimum atomic E-state index is -2.76. The van der Waals surface area contributed by atoms with Crippen LogP contribution >= 0.6 is 0 Å². The Morgan fingerprint density at radius 1 is 1.26 bits per heavy atom. The Labute approximate surface area is 113 Å². The molecule has 1 aliphatic rings. The number of nitrogens with one attached hydrogen (secondary N) is 1. The lowest BCUT2D eigenvalue weighted by molar-refractivity contribution is -0.0498. The van der Waals surface area contributed by atoms with E-state index in [0.717, 1.165) is 18.0 Å². The molecule has 0 bridgehead atoms. The van der Waals surface area contributed by atoms with Crippen molar-refractivity contribution in [2.24, 2.45) is 5.92 Å². The van der Waals surface area contributed by atoms with Gasteiger partial charge in [-0.15, -0.1) is 0 Å². The van der Waals surface area contributed by atoms with Gasteiger partial charge in [0.05, 0.1) is 0 Å². The first-order valence-electron chi connectivity index (χ1n) is 6.93. The highest BCUT2D eigenvalue weighted by Gasteiger charge is 2.20. The molecule has 0 spiro atoms. The standard InChI is InChI=1S/C15H21F2NO/c1-11(18-10-2-3-12-4-5-12)13-6-8-14(9-7-13)19-15(16)17/h6-9,11-12,15,18H,2-5,10H2,1H3. The quantitative estimate of drug-likeness (QED) is 0.716. The van der Waals surface area contributed by atoms with Crippen molar-refractivity contribution in [2.75, 3.05) is 6.54 Å². The van der Waals surface area contributed by atoms with Gasteiger partial charge in [0, 0.05) is 6.04 Å². The second kappa shape index (κ2) is 6.85. The van der Waals surface area contributed by atoms with Crippen LogP contribution in [0.25, 0.3) is 0 Å². The van der Waals surface area contributed by atoms with E-state index in [-0.39, 0.29) is 11.8 Å². The molecule has 1 aromatic rings. The number of hydrogen-bond acceptors (Lipinski definition) is 2. The van der Waals surface area contributed by atoms with Crippen LogP contribution in [0.2, 0.25) is 0 Å². The maximum atomic E-state index is 12.0. The Kier molecular flexibility index (Phi) is 5.14. The predicted molar refractivity (Wildman–Crippen MR) is 71.4 cm³/mol. The van der Waals surface area contributed by atoms with Gasteiger partial charge >= 0.3 is 6.61 Å². The number of halogens is 2. The van der Waals surface area contributed by atoms with Crippen molar-refractivity contribution < 1.29 is 13.5 Å². The van der Waals surface area contributed by atoms with Crippen molar-refractivity contribution in [3.8, 4) is 5.75 Å². The molecular weight excluding hydrogens is 248 g/mol. The van der Waals surface area contributed by atoms with E-state index in [9.17, 15) is 8.78 Å². The molecule has 1 atom stereocenters. The summed E-state index contributed by atoms with van der Waals surface area (Å²) in [5, 5.41) is 3.45. The van der Waals surface area contributed by atoms with Gasteiger partial charge in [0.25, 0.3) is 0 Å². The molecule has 1 saturated carbocycles. The summed E-state index contributed by atoms with van der Waals surface area (Å²) in [5.74, 6) is 1.18. The van der Waals surface area contributed by atoms with Crippen molar-refractivity contribution in [1.29, 1.82) is 0 Å². The number of hydrogen-bond donors (Lipinski definition) is 1. The molecule has 0 radical (unpaired) electrons. The largest absolute Gasteiger partial charge is 0.435 e. The van der Waals surface area contributed by atoms with E-state index in [1.165, 1.54) is 25.7 Å². The summed E-state index contributed by atoms with van der Waals surface area (Å²) in [6, 6.07) is 7.07. The Morgan fingerprint density at radius 3 is 2.53 bits per heavy atom. The molecule has 0 saturated heterocycles. The van der Waals surface area contributed by atoms with Gasteiger partial charge in [-0.2, -0.15) is 8.78 Å². The lowest BCUT2D eigenvalue weighted by atomic mass is 10.1. The van der Waals surface area contributed by atoms with Crippen LogP contribution in [0.1, 0.15) is 44.2 Å². The third-order valence-corrected chi connectivity index (χ3v) is 3.54. The monoisotopic (exact) mass is 269 g/mol. The van der Waals surface area contributed by atoms with E-state index in [1.54, 1.807) is 12.1 Å². The molecule has 2 rings (SSSR count). The zero-order valence-corrected chi connectivity index (χ0v) is 11.2. The fourth-order valence-electron chi connectivity index (χ4n) is 2.17. The Bertz CT molecular complexity index is 376. The van der Waals surface area contributed by atoms with Gasteiger partial charge < -0.3 is 10.1 Å². The van der Waals surface area contributed by atoms with Crippen molar-refractivity contribution >= 4 is 0 Å². The molecule has 1 aliphatic carbocycles. The third kappa shape index (κ3) is 5.15. The molecule has 0 aliphatic heterocycles. The molecular formula is C15H21F2NO. The van der Waals surface area contributed by atoms with Crippen LogP contribution in [-0.2, 0) is 0 Å². The highest BCUT2D eigenvalue weighted by Crippen LogP contribution is 2.33. The first-order valence-corrected chi connectivity index (χ1v) is 6.93. The summed E-state index contributed by atoms with van der Waals surface area (Å²) in [6.07, 6.45) is 5.34. The highest BCUT2D eigenvalue weighted by molar-refractivity contribution is 5.28. The SMILES string of the molecule is CC(NCCCC1CC1)c1ccc(OC(F)F)cc1. The van der Waals surface area contributed by atoms with Crippen molar-refractivity contribution in [2.45, 2.75) is 45.3 Å². The van der Waals surface area contributed by atoms with Crippen LogP contribution in [0.15, 0.2) is 24.3 Å². The van der Waals surface area contributed by atoms with Gasteiger partial charge in [0.2, 0.25) is 0 Å². The van der Waals surface area contributed by atoms with Crippen LogP contribution < -0.4 is 10.1 Å². The van der Waals surface area contributed by atoms with E-state index in [0.29, 0.717) is 0 Å². The van der Waals surface area contributed by atoms with Gasteiger partial charge in [-0.3, -0.25) is 0 Å². The molecule has 4 heteroatoms. The Morgan fingerprint density at radius 2 is 1.95 bits per heavy atom. The van der Waals surface area contributed by atoms with Crippen LogP contribution in [0.4, 0.5) is 8.78 Å². The van der Waals surface area contributed by atoms with Crippen molar-refractivity contribution in [3.05, 3.63) is 29.8 Å². The summed E-state index contributed by atoms with van der Waals surface area (Å²) in [4.78, 5) is 0. The lowest BCUT2D eigenvalue weighted by Crippen LogP contribution is -2.19. The van der Waals surface area contributed by atoms with Crippen LogP contribution in [0, 0.1) is 5.92 Å². The maximum absolute atomic E-state index is 12.0. The van der Waals surface area contributed by atoms with E-state index in [1.807, 2.05) is 12.1 Å². The normalized spacial score (nSPS) is 16.6. The Balaban J connectivity index is 1.72. The number of benzene rings is 1. The molecule has 2 nitrogen and oxygen atoms in total.